The van der Waals surface area contributed by atoms with Gasteiger partial charge in [-0.2, -0.15) is 0 Å². The molecule has 1 aromatic carbocycles. The molecule has 1 saturated heterocycles. The molecule has 3 aromatic rings. The van der Waals surface area contributed by atoms with Crippen LogP contribution in [0.2, 0.25) is 0 Å². The van der Waals surface area contributed by atoms with E-state index in [1.165, 1.54) is 11.3 Å². The van der Waals surface area contributed by atoms with Crippen LogP contribution in [0.5, 0.6) is 11.5 Å². The Morgan fingerprint density at radius 2 is 1.96 bits per heavy atom. The number of rotatable bonds is 5. The van der Waals surface area contributed by atoms with Crippen LogP contribution in [-0.2, 0) is 6.54 Å². The monoisotopic (exact) mass is 380 g/mol. The highest BCUT2D eigenvalue weighted by molar-refractivity contribution is 5.74. The predicted molar refractivity (Wildman–Crippen MR) is 111 cm³/mol. The van der Waals surface area contributed by atoms with Crippen molar-refractivity contribution in [2.24, 2.45) is 0 Å². The Morgan fingerprint density at radius 1 is 1.07 bits per heavy atom. The summed E-state index contributed by atoms with van der Waals surface area (Å²) in [6.45, 7) is 7.17. The number of methoxy groups -OCH3 is 2. The second-order valence-corrected chi connectivity index (χ2v) is 7.29. The first-order valence-electron chi connectivity index (χ1n) is 9.82. The highest BCUT2D eigenvalue weighted by atomic mass is 16.5. The van der Waals surface area contributed by atoms with Gasteiger partial charge in [0, 0.05) is 31.4 Å². The van der Waals surface area contributed by atoms with Crippen molar-refractivity contribution in [3.63, 3.8) is 0 Å². The molecule has 148 valence electrons. The molecule has 1 fully saturated rings. The molecule has 2 aromatic heterocycles. The fourth-order valence-electron chi connectivity index (χ4n) is 3.83. The third-order valence-corrected chi connectivity index (χ3v) is 5.35. The van der Waals surface area contributed by atoms with E-state index in [0.717, 1.165) is 67.5 Å². The second-order valence-electron chi connectivity index (χ2n) is 7.29. The van der Waals surface area contributed by atoms with E-state index in [-0.39, 0.29) is 0 Å². The summed E-state index contributed by atoms with van der Waals surface area (Å²) in [5.41, 5.74) is 5.27. The van der Waals surface area contributed by atoms with Gasteiger partial charge in [0.1, 0.15) is 17.1 Å². The van der Waals surface area contributed by atoms with Crippen LogP contribution in [0.3, 0.4) is 0 Å². The molecule has 28 heavy (non-hydrogen) atoms. The fourth-order valence-corrected chi connectivity index (χ4v) is 3.83. The van der Waals surface area contributed by atoms with E-state index >= 15 is 0 Å². The molecule has 1 aliphatic rings. The van der Waals surface area contributed by atoms with E-state index in [2.05, 4.69) is 39.9 Å². The number of ether oxygens (including phenoxy) is 2. The molecule has 1 aliphatic heterocycles. The van der Waals surface area contributed by atoms with Crippen LogP contribution in [0.4, 0.5) is 0 Å². The van der Waals surface area contributed by atoms with Crippen LogP contribution in [0, 0.1) is 6.92 Å². The van der Waals surface area contributed by atoms with Crippen molar-refractivity contribution < 1.29 is 9.47 Å². The Bertz CT molecular complexity index is 959. The first-order chi connectivity index (χ1) is 13.7. The lowest BCUT2D eigenvalue weighted by Gasteiger charge is -2.20. The summed E-state index contributed by atoms with van der Waals surface area (Å²) in [7, 11) is 3.38. The normalized spacial score (nSPS) is 15.5. The van der Waals surface area contributed by atoms with Gasteiger partial charge in [-0.1, -0.05) is 0 Å². The summed E-state index contributed by atoms with van der Waals surface area (Å²) in [5, 5.41) is 3.48. The maximum Gasteiger partial charge on any atom is 0.137 e. The summed E-state index contributed by atoms with van der Waals surface area (Å²) < 4.78 is 13.3. The van der Waals surface area contributed by atoms with Gasteiger partial charge in [-0.25, -0.2) is 4.98 Å². The van der Waals surface area contributed by atoms with Gasteiger partial charge in [0.05, 0.1) is 25.6 Å². The third-order valence-electron chi connectivity index (χ3n) is 5.35. The van der Waals surface area contributed by atoms with Crippen molar-refractivity contribution in [3.05, 3.63) is 47.8 Å². The first kappa shape index (κ1) is 18.8. The molecular formula is C22H28N4O2. The fraction of sp³-hybridized carbons (Fsp3) is 0.409. The lowest BCUT2D eigenvalue weighted by atomic mass is 10.1. The number of pyridine rings is 1. The average molecular weight is 380 g/mol. The Kier molecular flexibility index (Phi) is 5.50. The Hall–Kier alpha value is -2.57. The molecule has 6 nitrogen and oxygen atoms in total. The van der Waals surface area contributed by atoms with Gasteiger partial charge in [0.2, 0.25) is 0 Å². The van der Waals surface area contributed by atoms with Crippen molar-refractivity contribution in [3.8, 4) is 22.8 Å². The molecule has 0 saturated carbocycles. The number of aromatic nitrogens is 2. The lowest BCUT2D eigenvalue weighted by molar-refractivity contribution is 0.280. The van der Waals surface area contributed by atoms with Gasteiger partial charge in [-0.05, 0) is 62.3 Å². The van der Waals surface area contributed by atoms with E-state index in [4.69, 9.17) is 14.5 Å². The average Bonchev–Trinajstić information content (AvgIpc) is 2.88. The van der Waals surface area contributed by atoms with Gasteiger partial charge >= 0.3 is 0 Å². The molecule has 0 spiro atoms. The molecule has 6 heteroatoms. The summed E-state index contributed by atoms with van der Waals surface area (Å²) in [6.07, 6.45) is 3.28. The maximum atomic E-state index is 5.66. The highest BCUT2D eigenvalue weighted by Gasteiger charge is 2.21. The molecule has 4 rings (SSSR count). The summed E-state index contributed by atoms with van der Waals surface area (Å²) in [5.74, 6) is 1.61. The molecule has 0 amide bonds. The number of nitrogens with one attached hydrogen (secondary N) is 1. The standard InChI is InChI=1S/C22H28N4O2/c1-16-7-11-26-19(15-25-10-4-8-23-9-12-25)22(24-21(26)13-16)18-14-17(27-2)5-6-20(18)28-3/h5-7,11,13-14,23H,4,8-10,12,15H2,1-3H3. The van der Waals surface area contributed by atoms with Crippen LogP contribution in [0.1, 0.15) is 17.7 Å². The zero-order valence-corrected chi connectivity index (χ0v) is 16.9. The van der Waals surface area contributed by atoms with Crippen molar-refractivity contribution >= 4 is 5.65 Å². The van der Waals surface area contributed by atoms with Gasteiger partial charge < -0.3 is 19.2 Å². The molecular weight excluding hydrogens is 352 g/mol. The zero-order chi connectivity index (χ0) is 19.5. The van der Waals surface area contributed by atoms with Gasteiger partial charge in [0.15, 0.2) is 0 Å². The number of aryl methyl sites for hydroxylation is 1. The Morgan fingerprint density at radius 3 is 2.79 bits per heavy atom. The van der Waals surface area contributed by atoms with Crippen LogP contribution in [-0.4, -0.2) is 54.7 Å². The lowest BCUT2D eigenvalue weighted by Crippen LogP contribution is -2.28. The highest BCUT2D eigenvalue weighted by Crippen LogP contribution is 2.36. The van der Waals surface area contributed by atoms with E-state index in [1.54, 1.807) is 14.2 Å². The summed E-state index contributed by atoms with van der Waals surface area (Å²) >= 11 is 0. The first-order valence-corrected chi connectivity index (χ1v) is 9.82. The maximum absolute atomic E-state index is 5.66. The van der Waals surface area contributed by atoms with Crippen LogP contribution in [0.15, 0.2) is 36.5 Å². The largest absolute Gasteiger partial charge is 0.497 e. The number of benzene rings is 1. The molecule has 0 aliphatic carbocycles. The van der Waals surface area contributed by atoms with Gasteiger partial charge in [0.25, 0.3) is 0 Å². The number of nitrogens with zero attached hydrogens (tertiary/aromatic N) is 3. The van der Waals surface area contributed by atoms with E-state index in [9.17, 15) is 0 Å². The zero-order valence-electron chi connectivity index (χ0n) is 16.9. The minimum atomic E-state index is 0.800. The number of hydrogen-bond donors (Lipinski definition) is 1. The van der Waals surface area contributed by atoms with Crippen LogP contribution >= 0.6 is 0 Å². The second kappa shape index (κ2) is 8.20. The Labute approximate surface area is 166 Å². The summed E-state index contributed by atoms with van der Waals surface area (Å²) in [6, 6.07) is 10.1. The minimum Gasteiger partial charge on any atom is -0.497 e. The third kappa shape index (κ3) is 3.70. The smallest absolute Gasteiger partial charge is 0.137 e. The molecule has 1 N–H and O–H groups in total. The van der Waals surface area contributed by atoms with Crippen molar-refractivity contribution in [1.82, 2.24) is 19.6 Å². The SMILES string of the molecule is COc1ccc(OC)c(-c2nc3cc(C)ccn3c2CN2CCCNCC2)c1. The quantitative estimate of drug-likeness (QED) is 0.737. The molecule has 3 heterocycles. The molecule has 0 bridgehead atoms. The molecule has 0 atom stereocenters. The topological polar surface area (TPSA) is 51.0 Å². The van der Waals surface area contributed by atoms with Crippen LogP contribution in [0.25, 0.3) is 16.9 Å². The number of fused-ring (bicyclic) bond motifs is 1. The molecule has 0 unspecified atom stereocenters. The predicted octanol–water partition coefficient (Wildman–Crippen LogP) is 3.12. The number of hydrogen-bond acceptors (Lipinski definition) is 5. The summed E-state index contributed by atoms with van der Waals surface area (Å²) in [4.78, 5) is 7.50. The van der Waals surface area contributed by atoms with E-state index in [1.807, 2.05) is 18.2 Å². The molecule has 0 radical (unpaired) electrons. The van der Waals surface area contributed by atoms with Crippen molar-refractivity contribution in [2.45, 2.75) is 19.9 Å². The van der Waals surface area contributed by atoms with Gasteiger partial charge in [-0.3, -0.25) is 4.90 Å². The van der Waals surface area contributed by atoms with E-state index in [0.29, 0.717) is 0 Å². The van der Waals surface area contributed by atoms with Crippen molar-refractivity contribution in [1.29, 1.82) is 0 Å². The number of imidazole rings is 1. The van der Waals surface area contributed by atoms with Gasteiger partial charge in [-0.15, -0.1) is 0 Å². The van der Waals surface area contributed by atoms with E-state index < -0.39 is 0 Å². The minimum absolute atomic E-state index is 0.800. The Balaban J connectivity index is 1.85. The van der Waals surface area contributed by atoms with Crippen LogP contribution < -0.4 is 14.8 Å². The van der Waals surface area contributed by atoms with Crippen molar-refractivity contribution in [2.75, 3.05) is 40.4 Å².